The van der Waals surface area contributed by atoms with Crippen LogP contribution < -0.4 is 9.62 Å². The Morgan fingerprint density at radius 1 is 0.857 bits per heavy atom. The lowest BCUT2D eigenvalue weighted by Crippen LogP contribution is -2.29. The van der Waals surface area contributed by atoms with Crippen LogP contribution in [0.3, 0.4) is 0 Å². The summed E-state index contributed by atoms with van der Waals surface area (Å²) in [5.41, 5.74) is 5.62. The Kier molecular flexibility index (Phi) is 7.96. The fraction of sp³-hybridized carbons (Fsp3) is 0.259. The van der Waals surface area contributed by atoms with Crippen LogP contribution in [0.25, 0.3) is 0 Å². The van der Waals surface area contributed by atoms with Crippen molar-refractivity contribution in [1.29, 1.82) is 0 Å². The molecule has 0 fully saturated rings. The maximum Gasteiger partial charge on any atom is 0.338 e. The minimum Gasteiger partial charge on any atom is -0.462 e. The van der Waals surface area contributed by atoms with Gasteiger partial charge in [0.25, 0.3) is 5.91 Å². The minimum absolute atomic E-state index is 0.150. The first-order chi connectivity index (χ1) is 16.5. The SMILES string of the molecule is CCOC(=O)c1ccc(NC(=O)c2ccc(CN(c3ccc(C)c(C)c3)S(C)(=O)=O)cc2)c(C)c1. The molecule has 35 heavy (non-hydrogen) atoms. The van der Waals surface area contributed by atoms with Gasteiger partial charge in [-0.15, -0.1) is 0 Å². The number of amides is 1. The van der Waals surface area contributed by atoms with E-state index in [0.717, 1.165) is 22.3 Å². The maximum absolute atomic E-state index is 12.8. The summed E-state index contributed by atoms with van der Waals surface area (Å²) in [6, 6.07) is 17.3. The van der Waals surface area contributed by atoms with Crippen molar-refractivity contribution in [3.8, 4) is 0 Å². The molecule has 1 amide bonds. The van der Waals surface area contributed by atoms with Crippen LogP contribution in [0.5, 0.6) is 0 Å². The molecule has 0 aliphatic heterocycles. The van der Waals surface area contributed by atoms with E-state index in [4.69, 9.17) is 4.74 Å². The molecular formula is C27H30N2O5S. The van der Waals surface area contributed by atoms with Crippen molar-refractivity contribution in [3.05, 3.63) is 94.0 Å². The van der Waals surface area contributed by atoms with Gasteiger partial charge in [-0.1, -0.05) is 18.2 Å². The maximum atomic E-state index is 12.8. The Bertz CT molecular complexity index is 1350. The van der Waals surface area contributed by atoms with Crippen LogP contribution in [0.2, 0.25) is 0 Å². The molecule has 0 bridgehead atoms. The Morgan fingerprint density at radius 3 is 2.09 bits per heavy atom. The fourth-order valence-electron chi connectivity index (χ4n) is 3.55. The number of nitrogens with one attached hydrogen (secondary N) is 1. The van der Waals surface area contributed by atoms with E-state index in [1.165, 1.54) is 10.6 Å². The predicted molar refractivity (Wildman–Crippen MR) is 138 cm³/mol. The van der Waals surface area contributed by atoms with E-state index in [2.05, 4.69) is 5.32 Å². The van der Waals surface area contributed by atoms with Crippen molar-refractivity contribution in [2.75, 3.05) is 22.5 Å². The number of hydrogen-bond acceptors (Lipinski definition) is 5. The first-order valence-corrected chi connectivity index (χ1v) is 13.1. The van der Waals surface area contributed by atoms with Crippen molar-refractivity contribution in [3.63, 3.8) is 0 Å². The molecule has 3 aromatic rings. The monoisotopic (exact) mass is 494 g/mol. The molecule has 3 aromatic carbocycles. The molecule has 7 nitrogen and oxygen atoms in total. The largest absolute Gasteiger partial charge is 0.462 e. The summed E-state index contributed by atoms with van der Waals surface area (Å²) < 4.78 is 31.3. The van der Waals surface area contributed by atoms with Gasteiger partial charge in [0.2, 0.25) is 10.0 Å². The van der Waals surface area contributed by atoms with E-state index in [-0.39, 0.29) is 12.5 Å². The van der Waals surface area contributed by atoms with E-state index in [9.17, 15) is 18.0 Å². The highest BCUT2D eigenvalue weighted by atomic mass is 32.2. The van der Waals surface area contributed by atoms with Gasteiger partial charge in [-0.2, -0.15) is 0 Å². The van der Waals surface area contributed by atoms with Gasteiger partial charge < -0.3 is 10.1 Å². The summed E-state index contributed by atoms with van der Waals surface area (Å²) in [6.07, 6.45) is 1.18. The molecular weight excluding hydrogens is 464 g/mol. The summed E-state index contributed by atoms with van der Waals surface area (Å²) in [5.74, 6) is -0.717. The summed E-state index contributed by atoms with van der Waals surface area (Å²) >= 11 is 0. The standard InChI is InChI=1S/C27H30N2O5S/c1-6-34-27(31)23-12-14-25(20(4)15-23)28-26(30)22-10-8-21(9-11-22)17-29(35(5,32)33)24-13-7-18(2)19(3)16-24/h7-16H,6,17H2,1-5H3,(H,28,30). The first kappa shape index (κ1) is 26.0. The van der Waals surface area contributed by atoms with Crippen molar-refractivity contribution in [2.45, 2.75) is 34.2 Å². The van der Waals surface area contributed by atoms with Gasteiger partial charge in [-0.05, 0) is 92.4 Å². The van der Waals surface area contributed by atoms with Crippen LogP contribution in [0, 0.1) is 20.8 Å². The quantitative estimate of drug-likeness (QED) is 0.445. The van der Waals surface area contributed by atoms with Crippen molar-refractivity contribution in [1.82, 2.24) is 0 Å². The molecule has 3 rings (SSSR count). The normalized spacial score (nSPS) is 11.1. The van der Waals surface area contributed by atoms with Crippen LogP contribution in [-0.2, 0) is 21.3 Å². The molecule has 1 N–H and O–H groups in total. The van der Waals surface area contributed by atoms with Gasteiger partial charge in [0, 0.05) is 11.3 Å². The minimum atomic E-state index is -3.51. The predicted octanol–water partition coefficient (Wildman–Crippen LogP) is 5.01. The second kappa shape index (κ2) is 10.7. The number of carbonyl (C=O) groups excluding carboxylic acids is 2. The molecule has 0 aliphatic carbocycles. The van der Waals surface area contributed by atoms with Crippen LogP contribution >= 0.6 is 0 Å². The van der Waals surface area contributed by atoms with Gasteiger partial charge in [-0.25, -0.2) is 13.2 Å². The van der Waals surface area contributed by atoms with E-state index in [0.29, 0.717) is 29.1 Å². The third kappa shape index (κ3) is 6.48. The van der Waals surface area contributed by atoms with Crippen LogP contribution in [-0.4, -0.2) is 33.2 Å². The number of aryl methyl sites for hydroxylation is 3. The average molecular weight is 495 g/mol. The number of ether oxygens (including phenoxy) is 1. The number of esters is 1. The third-order valence-electron chi connectivity index (χ3n) is 5.71. The van der Waals surface area contributed by atoms with Gasteiger partial charge in [0.05, 0.1) is 30.7 Å². The Morgan fingerprint density at radius 2 is 1.51 bits per heavy atom. The lowest BCUT2D eigenvalue weighted by atomic mass is 10.1. The zero-order valence-corrected chi connectivity index (χ0v) is 21.4. The van der Waals surface area contributed by atoms with Crippen molar-refractivity contribution >= 4 is 33.3 Å². The van der Waals surface area contributed by atoms with Gasteiger partial charge in [0.1, 0.15) is 0 Å². The van der Waals surface area contributed by atoms with Crippen molar-refractivity contribution in [2.24, 2.45) is 0 Å². The zero-order chi connectivity index (χ0) is 25.8. The first-order valence-electron chi connectivity index (χ1n) is 11.2. The lowest BCUT2D eigenvalue weighted by Gasteiger charge is -2.23. The van der Waals surface area contributed by atoms with E-state index in [1.807, 2.05) is 26.0 Å². The smallest absolute Gasteiger partial charge is 0.338 e. The Balaban J connectivity index is 1.75. The van der Waals surface area contributed by atoms with Gasteiger partial charge in [-0.3, -0.25) is 9.10 Å². The summed E-state index contributed by atoms with van der Waals surface area (Å²) in [7, 11) is -3.51. The lowest BCUT2D eigenvalue weighted by molar-refractivity contribution is 0.0526. The molecule has 0 aromatic heterocycles. The fourth-order valence-corrected chi connectivity index (χ4v) is 4.43. The highest BCUT2D eigenvalue weighted by Crippen LogP contribution is 2.24. The molecule has 0 saturated carbocycles. The van der Waals surface area contributed by atoms with Crippen LogP contribution in [0.15, 0.2) is 60.7 Å². The highest BCUT2D eigenvalue weighted by Gasteiger charge is 2.19. The molecule has 0 aliphatic rings. The molecule has 0 spiro atoms. The molecule has 0 saturated heterocycles. The molecule has 184 valence electrons. The number of anilines is 2. The number of rotatable bonds is 8. The average Bonchev–Trinajstić information content (AvgIpc) is 2.80. The van der Waals surface area contributed by atoms with E-state index in [1.54, 1.807) is 62.4 Å². The highest BCUT2D eigenvalue weighted by molar-refractivity contribution is 7.92. The second-order valence-corrected chi connectivity index (χ2v) is 10.3. The Hall–Kier alpha value is -3.65. The summed E-state index contributed by atoms with van der Waals surface area (Å²) in [4.78, 5) is 24.7. The summed E-state index contributed by atoms with van der Waals surface area (Å²) in [6.45, 7) is 7.90. The van der Waals surface area contributed by atoms with Gasteiger partial charge in [0.15, 0.2) is 0 Å². The molecule has 8 heteroatoms. The number of nitrogens with zero attached hydrogens (tertiary/aromatic N) is 1. The number of carbonyl (C=O) groups is 2. The Labute approximate surface area is 206 Å². The summed E-state index contributed by atoms with van der Waals surface area (Å²) in [5, 5.41) is 2.85. The zero-order valence-electron chi connectivity index (χ0n) is 20.6. The van der Waals surface area contributed by atoms with Crippen LogP contribution in [0.1, 0.15) is 49.9 Å². The molecule has 0 unspecified atom stereocenters. The second-order valence-electron chi connectivity index (χ2n) is 8.44. The number of sulfonamides is 1. The van der Waals surface area contributed by atoms with E-state index >= 15 is 0 Å². The van der Waals surface area contributed by atoms with E-state index < -0.39 is 16.0 Å². The topological polar surface area (TPSA) is 92.8 Å². The number of benzene rings is 3. The third-order valence-corrected chi connectivity index (χ3v) is 6.85. The molecule has 0 atom stereocenters. The van der Waals surface area contributed by atoms with Crippen LogP contribution in [0.4, 0.5) is 11.4 Å². The van der Waals surface area contributed by atoms with Gasteiger partial charge >= 0.3 is 5.97 Å². The number of hydrogen-bond donors (Lipinski definition) is 1. The van der Waals surface area contributed by atoms with Crippen molar-refractivity contribution < 1.29 is 22.7 Å². The molecule has 0 radical (unpaired) electrons. The molecule has 0 heterocycles.